The van der Waals surface area contributed by atoms with E-state index in [2.05, 4.69) is 21.0 Å². The van der Waals surface area contributed by atoms with Crippen molar-refractivity contribution in [2.75, 3.05) is 27.2 Å². The summed E-state index contributed by atoms with van der Waals surface area (Å²) in [6, 6.07) is 16.3. The summed E-state index contributed by atoms with van der Waals surface area (Å²) in [5, 5.41) is 15.8. The lowest BCUT2D eigenvalue weighted by molar-refractivity contribution is -0.140. The van der Waals surface area contributed by atoms with E-state index in [0.717, 1.165) is 15.7 Å². The number of amides is 1. The summed E-state index contributed by atoms with van der Waals surface area (Å²) in [5.74, 6) is -1.52. The number of hydrogen-bond donors (Lipinski definition) is 1. The molecule has 1 aliphatic rings. The van der Waals surface area contributed by atoms with Crippen molar-refractivity contribution >= 4 is 33.4 Å². The first kappa shape index (κ1) is 22.9. The SMILES string of the molecule is Cc1c(/C(O)=C2\C(=O)C(=O)N(CCN(C)C)[C@H]2c2cccc(Br)c2)cnn1-c1ccccc1. The number of carbonyl (C=O) groups is 2. The molecular weight excluding hydrogens is 484 g/mol. The number of benzene rings is 2. The molecule has 0 unspecified atom stereocenters. The number of aromatic nitrogens is 2. The van der Waals surface area contributed by atoms with Gasteiger partial charge in [0.1, 0.15) is 5.76 Å². The molecule has 1 aromatic heterocycles. The first-order chi connectivity index (χ1) is 15.8. The molecule has 8 heteroatoms. The number of aliphatic hydroxyl groups excluding tert-OH is 1. The molecule has 1 fully saturated rings. The second-order valence-corrected chi connectivity index (χ2v) is 9.16. The minimum Gasteiger partial charge on any atom is -0.507 e. The van der Waals surface area contributed by atoms with Gasteiger partial charge in [-0.2, -0.15) is 5.10 Å². The van der Waals surface area contributed by atoms with Gasteiger partial charge in [0.15, 0.2) is 0 Å². The Bertz CT molecular complexity index is 1230. The molecule has 2 aromatic carbocycles. The Morgan fingerprint density at radius 1 is 1.12 bits per heavy atom. The summed E-state index contributed by atoms with van der Waals surface area (Å²) in [7, 11) is 3.82. The van der Waals surface area contributed by atoms with Crippen LogP contribution in [0.2, 0.25) is 0 Å². The first-order valence-electron chi connectivity index (χ1n) is 10.6. The van der Waals surface area contributed by atoms with Crippen LogP contribution >= 0.6 is 15.9 Å². The van der Waals surface area contributed by atoms with Crippen molar-refractivity contribution in [1.82, 2.24) is 19.6 Å². The highest BCUT2D eigenvalue weighted by molar-refractivity contribution is 9.10. The molecule has 1 atom stereocenters. The monoisotopic (exact) mass is 508 g/mol. The number of ketones is 1. The average molecular weight is 509 g/mol. The number of aliphatic hydroxyl groups is 1. The topological polar surface area (TPSA) is 78.7 Å². The Balaban J connectivity index is 1.85. The van der Waals surface area contributed by atoms with Crippen molar-refractivity contribution in [3.05, 3.63) is 87.7 Å². The highest BCUT2D eigenvalue weighted by Gasteiger charge is 2.46. The third-order valence-electron chi connectivity index (χ3n) is 5.76. The van der Waals surface area contributed by atoms with Gasteiger partial charge in [0.05, 0.1) is 34.8 Å². The van der Waals surface area contributed by atoms with E-state index in [4.69, 9.17) is 0 Å². The fourth-order valence-electron chi connectivity index (χ4n) is 4.06. The van der Waals surface area contributed by atoms with Crippen LogP contribution in [0.15, 0.2) is 70.8 Å². The molecule has 0 spiro atoms. The largest absolute Gasteiger partial charge is 0.507 e. The summed E-state index contributed by atoms with van der Waals surface area (Å²) in [5.41, 5.74) is 2.75. The van der Waals surface area contributed by atoms with E-state index in [0.29, 0.717) is 24.3 Å². The third kappa shape index (κ3) is 4.36. The molecule has 33 heavy (non-hydrogen) atoms. The normalized spacial score (nSPS) is 17.8. The van der Waals surface area contributed by atoms with E-state index < -0.39 is 17.7 Å². The van der Waals surface area contributed by atoms with E-state index in [1.807, 2.05) is 80.5 Å². The van der Waals surface area contributed by atoms with Crippen LogP contribution in [-0.2, 0) is 9.59 Å². The maximum atomic E-state index is 13.2. The van der Waals surface area contributed by atoms with Crippen LogP contribution in [-0.4, -0.2) is 63.6 Å². The van der Waals surface area contributed by atoms with Gasteiger partial charge >= 0.3 is 0 Å². The summed E-state index contributed by atoms with van der Waals surface area (Å²) in [6.07, 6.45) is 1.53. The molecule has 3 aromatic rings. The lowest BCUT2D eigenvalue weighted by Crippen LogP contribution is -2.35. The lowest BCUT2D eigenvalue weighted by atomic mass is 9.95. The summed E-state index contributed by atoms with van der Waals surface area (Å²) < 4.78 is 2.52. The van der Waals surface area contributed by atoms with Crippen LogP contribution in [0.4, 0.5) is 0 Å². The van der Waals surface area contributed by atoms with Crippen molar-refractivity contribution in [3.63, 3.8) is 0 Å². The van der Waals surface area contributed by atoms with E-state index in [-0.39, 0.29) is 11.3 Å². The second-order valence-electron chi connectivity index (χ2n) is 8.24. The van der Waals surface area contributed by atoms with E-state index in [9.17, 15) is 14.7 Å². The van der Waals surface area contributed by atoms with E-state index >= 15 is 0 Å². The van der Waals surface area contributed by atoms with Crippen LogP contribution in [0, 0.1) is 6.92 Å². The fourth-order valence-corrected chi connectivity index (χ4v) is 4.48. The standard InChI is InChI=1S/C25H25BrN4O3/c1-16-20(15-27-30(16)19-10-5-4-6-11-19)23(31)21-22(17-8-7-9-18(26)14-17)29(13-12-28(2)3)25(33)24(21)32/h4-11,14-15,22,31H,12-13H2,1-3H3/b23-21+/t22-/m0/s1. The number of likely N-dealkylation sites (tertiary alicyclic amines) is 1. The summed E-state index contributed by atoms with van der Waals surface area (Å²) >= 11 is 3.48. The number of likely N-dealkylation sites (N-methyl/N-ethyl adjacent to an activating group) is 1. The molecule has 0 saturated carbocycles. The summed E-state index contributed by atoms with van der Waals surface area (Å²) in [4.78, 5) is 29.7. The van der Waals surface area contributed by atoms with Gasteiger partial charge in [-0.3, -0.25) is 9.59 Å². The highest BCUT2D eigenvalue weighted by Crippen LogP contribution is 2.40. The van der Waals surface area contributed by atoms with Gasteiger partial charge in [-0.05, 0) is 50.8 Å². The molecule has 1 N–H and O–H groups in total. The number of nitrogens with zero attached hydrogens (tertiary/aromatic N) is 4. The van der Waals surface area contributed by atoms with Crippen LogP contribution in [0.5, 0.6) is 0 Å². The fraction of sp³-hybridized carbons (Fsp3) is 0.240. The van der Waals surface area contributed by atoms with Crippen LogP contribution in [0.25, 0.3) is 11.4 Å². The van der Waals surface area contributed by atoms with Gasteiger partial charge in [0.25, 0.3) is 11.7 Å². The minimum atomic E-state index is -0.693. The van der Waals surface area contributed by atoms with Gasteiger partial charge in [-0.15, -0.1) is 0 Å². The van der Waals surface area contributed by atoms with Gasteiger partial charge in [-0.1, -0.05) is 46.3 Å². The Morgan fingerprint density at radius 3 is 2.52 bits per heavy atom. The number of carbonyl (C=O) groups excluding carboxylic acids is 2. The third-order valence-corrected chi connectivity index (χ3v) is 6.25. The number of hydrogen-bond acceptors (Lipinski definition) is 5. The molecule has 4 rings (SSSR count). The van der Waals surface area contributed by atoms with Gasteiger partial charge in [-0.25, -0.2) is 4.68 Å². The number of para-hydroxylation sites is 1. The zero-order chi connectivity index (χ0) is 23.7. The lowest BCUT2D eigenvalue weighted by Gasteiger charge is -2.26. The second kappa shape index (κ2) is 9.33. The molecular formula is C25H25BrN4O3. The Kier molecular flexibility index (Phi) is 6.49. The number of rotatable bonds is 6. The average Bonchev–Trinajstić information content (AvgIpc) is 3.30. The Hall–Kier alpha value is -3.23. The van der Waals surface area contributed by atoms with Crippen LogP contribution in [0.1, 0.15) is 22.9 Å². The molecule has 7 nitrogen and oxygen atoms in total. The quantitative estimate of drug-likeness (QED) is 0.310. The first-order valence-corrected chi connectivity index (χ1v) is 11.4. The van der Waals surface area contributed by atoms with E-state index in [1.165, 1.54) is 11.1 Å². The number of Topliss-reactive ketones (excluding diaryl/α,β-unsaturated/α-hetero) is 1. The summed E-state index contributed by atoms with van der Waals surface area (Å²) in [6.45, 7) is 2.77. The Labute approximate surface area is 201 Å². The molecule has 1 aliphatic heterocycles. The Morgan fingerprint density at radius 2 is 1.85 bits per heavy atom. The molecule has 2 heterocycles. The molecule has 0 aliphatic carbocycles. The predicted molar refractivity (Wildman–Crippen MR) is 130 cm³/mol. The zero-order valence-electron chi connectivity index (χ0n) is 18.7. The maximum absolute atomic E-state index is 13.2. The smallest absolute Gasteiger partial charge is 0.295 e. The van der Waals surface area contributed by atoms with Crippen molar-refractivity contribution in [2.45, 2.75) is 13.0 Å². The van der Waals surface area contributed by atoms with Crippen molar-refractivity contribution in [1.29, 1.82) is 0 Å². The molecule has 0 radical (unpaired) electrons. The molecule has 1 saturated heterocycles. The van der Waals surface area contributed by atoms with Crippen LogP contribution in [0.3, 0.4) is 0 Å². The van der Waals surface area contributed by atoms with Crippen molar-refractivity contribution < 1.29 is 14.7 Å². The predicted octanol–water partition coefficient (Wildman–Crippen LogP) is 3.93. The minimum absolute atomic E-state index is 0.0765. The van der Waals surface area contributed by atoms with Crippen LogP contribution < -0.4 is 0 Å². The van der Waals surface area contributed by atoms with E-state index in [1.54, 1.807) is 4.68 Å². The number of halogens is 1. The maximum Gasteiger partial charge on any atom is 0.295 e. The van der Waals surface area contributed by atoms with Gasteiger partial charge in [0.2, 0.25) is 0 Å². The van der Waals surface area contributed by atoms with Crippen molar-refractivity contribution in [2.24, 2.45) is 0 Å². The zero-order valence-corrected chi connectivity index (χ0v) is 20.3. The molecule has 170 valence electrons. The van der Waals surface area contributed by atoms with Crippen molar-refractivity contribution in [3.8, 4) is 5.69 Å². The highest BCUT2D eigenvalue weighted by atomic mass is 79.9. The van der Waals surface area contributed by atoms with Gasteiger partial charge in [0, 0.05) is 17.6 Å². The molecule has 1 amide bonds. The van der Waals surface area contributed by atoms with Gasteiger partial charge < -0.3 is 14.9 Å². The molecule has 0 bridgehead atoms.